The van der Waals surface area contributed by atoms with E-state index >= 15 is 0 Å². The number of halogens is 3. The molecular formula is C16H23F3N5O6PS2. The molecule has 0 unspecified atom stereocenters. The maximum Gasteiger partial charge on any atom is 0.389 e. The Morgan fingerprint density at radius 3 is 2.70 bits per heavy atom. The molecule has 5 N–H and O–H groups in total. The van der Waals surface area contributed by atoms with Crippen LogP contribution in [-0.2, 0) is 26.8 Å². The van der Waals surface area contributed by atoms with Crippen LogP contribution in [0.2, 0.25) is 0 Å². The topological polar surface area (TPSA) is 155 Å². The standard InChI is InChI=1S/C16H23F3N5O6PS2/c1-33-5-4-20-13-10-14(22-7-21-13)24(8-23-10)15(2-3-16(17,18)19)12(26)11(25)9(30-15)6-29-31(27,28)32/h7-9,11-12,25-26H,2-6H2,1H3,(H,20,21,22)(H2,27,28,32)/t9-,11-,12-,15-/m1/s1. The van der Waals surface area contributed by atoms with Gasteiger partial charge in [0.15, 0.2) is 22.7 Å². The molecule has 186 valence electrons. The Kier molecular flexibility index (Phi) is 8.24. The van der Waals surface area contributed by atoms with Crippen LogP contribution in [0.15, 0.2) is 12.7 Å². The van der Waals surface area contributed by atoms with Gasteiger partial charge in [0, 0.05) is 25.1 Å². The average molecular weight is 533 g/mol. The first kappa shape index (κ1) is 26.5. The van der Waals surface area contributed by atoms with Crippen molar-refractivity contribution in [2.75, 3.05) is 30.5 Å². The predicted octanol–water partition coefficient (Wildman–Crippen LogP) is 0.943. The number of hydrogen-bond acceptors (Lipinski definition) is 10. The highest BCUT2D eigenvalue weighted by atomic mass is 32.5. The summed E-state index contributed by atoms with van der Waals surface area (Å²) in [7, 11) is 0. The van der Waals surface area contributed by atoms with E-state index in [4.69, 9.17) is 9.26 Å². The molecule has 11 nitrogen and oxygen atoms in total. The van der Waals surface area contributed by atoms with Gasteiger partial charge in [0.1, 0.15) is 24.6 Å². The number of aliphatic hydroxyl groups excluding tert-OH is 2. The second-order valence-electron chi connectivity index (χ2n) is 7.27. The van der Waals surface area contributed by atoms with Gasteiger partial charge in [0.05, 0.1) is 12.9 Å². The molecule has 0 aromatic carbocycles. The zero-order valence-electron chi connectivity index (χ0n) is 17.2. The second kappa shape index (κ2) is 10.3. The van der Waals surface area contributed by atoms with Gasteiger partial charge >= 0.3 is 12.9 Å². The monoisotopic (exact) mass is 533 g/mol. The van der Waals surface area contributed by atoms with Crippen LogP contribution in [0.25, 0.3) is 11.2 Å². The minimum Gasteiger partial charge on any atom is -0.387 e. The zero-order valence-corrected chi connectivity index (χ0v) is 19.7. The maximum absolute atomic E-state index is 13.1. The highest BCUT2D eigenvalue weighted by Gasteiger charge is 2.57. The van der Waals surface area contributed by atoms with Gasteiger partial charge in [0.25, 0.3) is 0 Å². The number of alkyl halides is 3. The van der Waals surface area contributed by atoms with Crippen LogP contribution in [0.4, 0.5) is 19.0 Å². The normalized spacial score (nSPS) is 26.2. The lowest BCUT2D eigenvalue weighted by molar-refractivity contribution is -0.185. The molecule has 0 saturated carbocycles. The number of thioether (sulfide) groups is 1. The van der Waals surface area contributed by atoms with Crippen molar-refractivity contribution in [3.63, 3.8) is 0 Å². The number of aliphatic hydroxyl groups is 2. The van der Waals surface area contributed by atoms with Crippen LogP contribution in [0, 0.1) is 0 Å². The second-order valence-corrected chi connectivity index (χ2v) is 10.9. The molecule has 2 aromatic rings. The summed E-state index contributed by atoms with van der Waals surface area (Å²) in [4.78, 5) is 31.0. The van der Waals surface area contributed by atoms with Crippen LogP contribution in [-0.4, -0.2) is 89.2 Å². The number of aromatic nitrogens is 4. The fourth-order valence-corrected chi connectivity index (χ4v) is 4.36. The first-order valence-electron chi connectivity index (χ1n) is 9.60. The lowest BCUT2D eigenvalue weighted by Gasteiger charge is -2.34. The molecule has 0 aliphatic carbocycles. The molecule has 1 saturated heterocycles. The van der Waals surface area contributed by atoms with Gasteiger partial charge in [-0.15, -0.1) is 0 Å². The summed E-state index contributed by atoms with van der Waals surface area (Å²) < 4.78 is 51.0. The fourth-order valence-electron chi connectivity index (χ4n) is 3.53. The van der Waals surface area contributed by atoms with E-state index in [0.29, 0.717) is 12.4 Å². The van der Waals surface area contributed by atoms with Crippen molar-refractivity contribution in [1.29, 1.82) is 0 Å². The molecule has 2 aromatic heterocycles. The molecule has 33 heavy (non-hydrogen) atoms. The van der Waals surface area contributed by atoms with E-state index in [2.05, 4.69) is 32.1 Å². The third-order valence-electron chi connectivity index (χ3n) is 5.04. The lowest BCUT2D eigenvalue weighted by atomic mass is 9.97. The van der Waals surface area contributed by atoms with Crippen LogP contribution in [0.3, 0.4) is 0 Å². The Morgan fingerprint density at radius 2 is 2.06 bits per heavy atom. The Hall–Kier alpha value is -1.10. The van der Waals surface area contributed by atoms with Crippen LogP contribution < -0.4 is 5.32 Å². The molecule has 0 amide bonds. The minimum atomic E-state index is -4.59. The number of nitrogens with zero attached hydrogens (tertiary/aromatic N) is 4. The Balaban J connectivity index is 2.01. The van der Waals surface area contributed by atoms with Crippen molar-refractivity contribution in [1.82, 2.24) is 19.5 Å². The molecule has 1 fully saturated rings. The van der Waals surface area contributed by atoms with Crippen molar-refractivity contribution in [3.8, 4) is 0 Å². The van der Waals surface area contributed by atoms with Gasteiger partial charge in [-0.1, -0.05) is 0 Å². The number of imidazole rings is 1. The molecule has 0 radical (unpaired) electrons. The van der Waals surface area contributed by atoms with Crippen LogP contribution >= 0.6 is 18.5 Å². The third kappa shape index (κ3) is 6.13. The molecule has 1 aliphatic heterocycles. The van der Waals surface area contributed by atoms with E-state index in [1.54, 1.807) is 11.8 Å². The highest BCUT2D eigenvalue weighted by molar-refractivity contribution is 8.06. The Labute approximate surface area is 195 Å². The summed E-state index contributed by atoms with van der Waals surface area (Å²) in [5.74, 6) is 1.10. The Bertz CT molecular complexity index is 1010. The van der Waals surface area contributed by atoms with Crippen LogP contribution in [0.1, 0.15) is 12.8 Å². The first-order chi connectivity index (χ1) is 15.4. The molecule has 0 spiro atoms. The van der Waals surface area contributed by atoms with Gasteiger partial charge < -0.3 is 34.6 Å². The van der Waals surface area contributed by atoms with E-state index in [9.17, 15) is 33.2 Å². The predicted molar refractivity (Wildman–Crippen MR) is 117 cm³/mol. The zero-order chi connectivity index (χ0) is 24.4. The van der Waals surface area contributed by atoms with Crippen molar-refractivity contribution in [2.45, 2.75) is 43.1 Å². The third-order valence-corrected chi connectivity index (χ3v) is 6.45. The van der Waals surface area contributed by atoms with Gasteiger partial charge in [-0.2, -0.15) is 24.9 Å². The van der Waals surface area contributed by atoms with Gasteiger partial charge in [-0.25, -0.2) is 15.0 Å². The largest absolute Gasteiger partial charge is 0.389 e. The number of ether oxygens (including phenoxy) is 1. The summed E-state index contributed by atoms with van der Waals surface area (Å²) in [5.41, 5.74) is -1.83. The van der Waals surface area contributed by atoms with E-state index < -0.39 is 56.4 Å². The quantitative estimate of drug-likeness (QED) is 0.218. The maximum atomic E-state index is 13.1. The van der Waals surface area contributed by atoms with Gasteiger partial charge in [0.2, 0.25) is 0 Å². The SMILES string of the molecule is CSCCNc1ncnc2c1ncn2[C@]1(CCC(F)(F)F)O[C@H](COP(O)(O)=S)[C@@H](O)[C@H]1O. The number of hydrogen-bond donors (Lipinski definition) is 5. The van der Waals surface area contributed by atoms with E-state index in [0.717, 1.165) is 16.6 Å². The highest BCUT2D eigenvalue weighted by Crippen LogP contribution is 2.45. The van der Waals surface area contributed by atoms with Crippen LogP contribution in [0.5, 0.6) is 0 Å². The average Bonchev–Trinajstić information content (AvgIpc) is 3.26. The lowest BCUT2D eigenvalue weighted by Crippen LogP contribution is -2.46. The molecular weight excluding hydrogens is 510 g/mol. The molecule has 3 heterocycles. The van der Waals surface area contributed by atoms with Gasteiger partial charge in [-0.3, -0.25) is 4.57 Å². The fraction of sp³-hybridized carbons (Fsp3) is 0.688. The summed E-state index contributed by atoms with van der Waals surface area (Å²) in [6.07, 6.45) is -7.47. The van der Waals surface area contributed by atoms with E-state index in [-0.39, 0.29) is 11.2 Å². The van der Waals surface area contributed by atoms with Crippen molar-refractivity contribution >= 4 is 47.3 Å². The van der Waals surface area contributed by atoms with Crippen molar-refractivity contribution in [2.24, 2.45) is 0 Å². The van der Waals surface area contributed by atoms with Crippen molar-refractivity contribution in [3.05, 3.63) is 12.7 Å². The minimum absolute atomic E-state index is 0.0704. The van der Waals surface area contributed by atoms with Gasteiger partial charge in [-0.05, 0) is 18.1 Å². The molecule has 4 atom stereocenters. The smallest absolute Gasteiger partial charge is 0.387 e. The van der Waals surface area contributed by atoms with E-state index in [1.807, 2.05) is 6.26 Å². The number of rotatable bonds is 10. The summed E-state index contributed by atoms with van der Waals surface area (Å²) >= 11 is 5.95. The number of anilines is 1. The Morgan fingerprint density at radius 1 is 1.33 bits per heavy atom. The summed E-state index contributed by atoms with van der Waals surface area (Å²) in [6, 6.07) is 0. The summed E-state index contributed by atoms with van der Waals surface area (Å²) in [6.45, 7) is -4.26. The first-order valence-corrected chi connectivity index (χ1v) is 13.6. The molecule has 3 rings (SSSR count). The number of fused-ring (bicyclic) bond motifs is 1. The molecule has 1 aliphatic rings. The summed E-state index contributed by atoms with van der Waals surface area (Å²) in [5, 5.41) is 24.4. The molecule has 0 bridgehead atoms. The number of nitrogens with one attached hydrogen (secondary N) is 1. The van der Waals surface area contributed by atoms with Crippen molar-refractivity contribution < 1.29 is 42.4 Å². The molecule has 17 heteroatoms. The van der Waals surface area contributed by atoms with E-state index in [1.165, 1.54) is 6.33 Å².